The Kier molecular flexibility index (Phi) is 4.46. The second-order valence-electron chi connectivity index (χ2n) is 6.22. The van der Waals surface area contributed by atoms with Crippen LogP contribution in [-0.4, -0.2) is 33.8 Å². The second kappa shape index (κ2) is 6.55. The zero-order chi connectivity index (χ0) is 17.3. The molecule has 2 aromatic rings. The summed E-state index contributed by atoms with van der Waals surface area (Å²) in [4.78, 5) is 26.8. The van der Waals surface area contributed by atoms with Gasteiger partial charge in [-0.2, -0.15) is 0 Å². The minimum atomic E-state index is -0.00310. The van der Waals surface area contributed by atoms with Crippen LogP contribution in [0.25, 0.3) is 0 Å². The molecular weight excluding hydrogens is 306 g/mol. The summed E-state index contributed by atoms with van der Waals surface area (Å²) < 4.78 is 8.65. The van der Waals surface area contributed by atoms with Gasteiger partial charge in [0.05, 0.1) is 25.6 Å². The van der Waals surface area contributed by atoms with Gasteiger partial charge in [0.2, 0.25) is 5.91 Å². The van der Waals surface area contributed by atoms with E-state index in [0.717, 1.165) is 35.4 Å². The topological polar surface area (TPSA) is 56.5 Å². The Morgan fingerprint density at radius 1 is 1.17 bits per heavy atom. The summed E-state index contributed by atoms with van der Waals surface area (Å²) in [7, 11) is 5.28. The monoisotopic (exact) mass is 329 g/mol. The molecule has 6 heteroatoms. The highest BCUT2D eigenvalue weighted by Gasteiger charge is 2.24. The van der Waals surface area contributed by atoms with Gasteiger partial charge in [-0.3, -0.25) is 19.0 Å². The van der Waals surface area contributed by atoms with Crippen molar-refractivity contribution < 1.29 is 9.53 Å². The Balaban J connectivity index is 1.77. The van der Waals surface area contributed by atoms with E-state index in [1.165, 1.54) is 0 Å². The number of rotatable bonds is 3. The molecule has 1 aliphatic heterocycles. The number of hydrogen-bond donors (Lipinski definition) is 0. The molecule has 0 fully saturated rings. The molecule has 3 rings (SSSR count). The average Bonchev–Trinajstić information content (AvgIpc) is 2.78. The molecule has 0 aliphatic carbocycles. The summed E-state index contributed by atoms with van der Waals surface area (Å²) in [5.74, 6) is 0.831. The number of carbonyl (C=O) groups is 1. The maximum absolute atomic E-state index is 12.7. The summed E-state index contributed by atoms with van der Waals surface area (Å²) in [6.07, 6.45) is 2.04. The lowest BCUT2D eigenvalue weighted by molar-refractivity contribution is -0.131. The van der Waals surface area contributed by atoms with Crippen molar-refractivity contribution in [2.75, 3.05) is 13.7 Å². The maximum atomic E-state index is 12.7. The van der Waals surface area contributed by atoms with Crippen LogP contribution in [0.2, 0.25) is 0 Å². The van der Waals surface area contributed by atoms with Gasteiger partial charge in [-0.15, -0.1) is 0 Å². The van der Waals surface area contributed by atoms with Gasteiger partial charge in [-0.25, -0.2) is 0 Å². The molecule has 1 amide bonds. The molecule has 0 bridgehead atoms. The largest absolute Gasteiger partial charge is 0.497 e. The van der Waals surface area contributed by atoms with Crippen molar-refractivity contribution in [2.24, 2.45) is 14.1 Å². The molecule has 1 aliphatic rings. The number of hydrogen-bond acceptors (Lipinski definition) is 3. The molecule has 6 nitrogen and oxygen atoms in total. The normalized spacial score (nSPS) is 14.2. The van der Waals surface area contributed by atoms with Crippen LogP contribution < -0.4 is 10.3 Å². The number of carbonyl (C=O) groups excluding carboxylic acids is 1. The van der Waals surface area contributed by atoms with Crippen molar-refractivity contribution in [3.05, 3.63) is 51.4 Å². The van der Waals surface area contributed by atoms with Crippen LogP contribution in [0.1, 0.15) is 23.2 Å². The van der Waals surface area contributed by atoms with E-state index < -0.39 is 0 Å². The first-order chi connectivity index (χ1) is 11.5. The van der Waals surface area contributed by atoms with Gasteiger partial charge < -0.3 is 9.64 Å². The lowest BCUT2D eigenvalue weighted by Gasteiger charge is -2.20. The van der Waals surface area contributed by atoms with E-state index in [2.05, 4.69) is 0 Å². The van der Waals surface area contributed by atoms with Crippen LogP contribution in [-0.2, 0) is 38.3 Å². The van der Waals surface area contributed by atoms with Crippen molar-refractivity contribution in [3.63, 3.8) is 0 Å². The van der Waals surface area contributed by atoms with E-state index in [-0.39, 0.29) is 11.5 Å². The molecule has 0 atom stereocenters. The SMILES string of the molecule is COc1ccc(CC(=O)N2CCCc3c(c(=O)n(C)n3C)C2)cc1. The predicted octanol–water partition coefficient (Wildman–Crippen LogP) is 1.25. The lowest BCUT2D eigenvalue weighted by atomic mass is 10.1. The van der Waals surface area contributed by atoms with Gasteiger partial charge in [0.1, 0.15) is 5.75 Å². The van der Waals surface area contributed by atoms with E-state index in [1.54, 1.807) is 23.7 Å². The van der Waals surface area contributed by atoms with Crippen LogP contribution in [0.15, 0.2) is 29.1 Å². The second-order valence-corrected chi connectivity index (χ2v) is 6.22. The van der Waals surface area contributed by atoms with Gasteiger partial charge in [0.25, 0.3) is 5.56 Å². The molecule has 0 unspecified atom stereocenters. The fourth-order valence-corrected chi connectivity index (χ4v) is 3.25. The molecule has 0 N–H and O–H groups in total. The van der Waals surface area contributed by atoms with Crippen molar-refractivity contribution in [3.8, 4) is 5.75 Å². The number of nitrogens with zero attached hydrogens (tertiary/aromatic N) is 3. The molecule has 1 aromatic carbocycles. The van der Waals surface area contributed by atoms with E-state index in [0.29, 0.717) is 19.5 Å². The smallest absolute Gasteiger partial charge is 0.271 e. The predicted molar refractivity (Wildman–Crippen MR) is 91.1 cm³/mol. The third-order valence-electron chi connectivity index (χ3n) is 4.80. The van der Waals surface area contributed by atoms with Crippen LogP contribution in [0.3, 0.4) is 0 Å². The van der Waals surface area contributed by atoms with Gasteiger partial charge in [0, 0.05) is 26.3 Å². The van der Waals surface area contributed by atoms with Crippen molar-refractivity contribution in [2.45, 2.75) is 25.8 Å². The quantitative estimate of drug-likeness (QED) is 0.852. The molecule has 0 saturated carbocycles. The highest BCUT2D eigenvalue weighted by molar-refractivity contribution is 5.79. The van der Waals surface area contributed by atoms with Gasteiger partial charge in [0.15, 0.2) is 0 Å². The molecular formula is C18H23N3O3. The standard InChI is InChI=1S/C18H23N3O3/c1-19-16-5-4-10-21(12-15(16)18(23)20(19)2)17(22)11-13-6-8-14(24-3)9-7-13/h6-9H,4-5,10-12H2,1-3H3. The molecule has 1 aromatic heterocycles. The zero-order valence-electron chi connectivity index (χ0n) is 14.4. The van der Waals surface area contributed by atoms with Gasteiger partial charge in [-0.1, -0.05) is 12.1 Å². The summed E-state index contributed by atoms with van der Waals surface area (Å²) >= 11 is 0. The molecule has 0 spiro atoms. The Morgan fingerprint density at radius 3 is 2.54 bits per heavy atom. The third-order valence-corrected chi connectivity index (χ3v) is 4.80. The first-order valence-corrected chi connectivity index (χ1v) is 8.15. The summed E-state index contributed by atoms with van der Waals surface area (Å²) in [6.45, 7) is 1.09. The van der Waals surface area contributed by atoms with Gasteiger partial charge >= 0.3 is 0 Å². The van der Waals surface area contributed by atoms with Crippen LogP contribution in [0.4, 0.5) is 0 Å². The maximum Gasteiger partial charge on any atom is 0.271 e. The number of benzene rings is 1. The lowest BCUT2D eigenvalue weighted by Crippen LogP contribution is -2.33. The molecule has 0 saturated heterocycles. The Bertz CT molecular complexity index is 802. The highest BCUT2D eigenvalue weighted by Crippen LogP contribution is 2.18. The summed E-state index contributed by atoms with van der Waals surface area (Å²) in [6, 6.07) is 7.52. The Morgan fingerprint density at radius 2 is 1.88 bits per heavy atom. The minimum absolute atomic E-state index is 0.00310. The van der Waals surface area contributed by atoms with Crippen LogP contribution >= 0.6 is 0 Å². The minimum Gasteiger partial charge on any atom is -0.497 e. The molecule has 24 heavy (non-hydrogen) atoms. The Labute approximate surface area is 141 Å². The zero-order valence-corrected chi connectivity index (χ0v) is 14.4. The van der Waals surface area contributed by atoms with Crippen molar-refractivity contribution in [1.82, 2.24) is 14.3 Å². The first-order valence-electron chi connectivity index (χ1n) is 8.15. The summed E-state index contributed by atoms with van der Waals surface area (Å²) in [5.41, 5.74) is 2.74. The van der Waals surface area contributed by atoms with Crippen molar-refractivity contribution in [1.29, 1.82) is 0 Å². The molecule has 0 radical (unpaired) electrons. The van der Waals surface area contributed by atoms with E-state index >= 15 is 0 Å². The summed E-state index contributed by atoms with van der Waals surface area (Å²) in [5, 5.41) is 0. The molecule has 128 valence electrons. The number of fused-ring (bicyclic) bond motifs is 1. The molecule has 2 heterocycles. The first kappa shape index (κ1) is 16.4. The van der Waals surface area contributed by atoms with Gasteiger partial charge in [-0.05, 0) is 30.5 Å². The number of aromatic nitrogens is 2. The Hall–Kier alpha value is -2.50. The third kappa shape index (κ3) is 2.96. The van der Waals surface area contributed by atoms with E-state index in [1.807, 2.05) is 36.0 Å². The van der Waals surface area contributed by atoms with Crippen LogP contribution in [0, 0.1) is 0 Å². The average molecular weight is 329 g/mol. The fraction of sp³-hybridized carbons (Fsp3) is 0.444. The van der Waals surface area contributed by atoms with E-state index in [4.69, 9.17) is 4.74 Å². The van der Waals surface area contributed by atoms with Crippen LogP contribution in [0.5, 0.6) is 5.75 Å². The number of amides is 1. The van der Waals surface area contributed by atoms with Crippen molar-refractivity contribution >= 4 is 5.91 Å². The number of methoxy groups -OCH3 is 1. The fourth-order valence-electron chi connectivity index (χ4n) is 3.25. The number of ether oxygens (including phenoxy) is 1. The highest BCUT2D eigenvalue weighted by atomic mass is 16.5. The van der Waals surface area contributed by atoms with E-state index in [9.17, 15) is 9.59 Å².